The first-order valence-electron chi connectivity index (χ1n) is 9.81. The van der Waals surface area contributed by atoms with Gasteiger partial charge in [0.25, 0.3) is 11.1 Å². The highest BCUT2D eigenvalue weighted by Crippen LogP contribution is 2.36. The maximum Gasteiger partial charge on any atom is 0.293 e. The molecule has 1 fully saturated rings. The van der Waals surface area contributed by atoms with Crippen molar-refractivity contribution in [3.8, 4) is 5.69 Å². The van der Waals surface area contributed by atoms with Gasteiger partial charge >= 0.3 is 0 Å². The molecule has 0 N–H and O–H groups in total. The lowest BCUT2D eigenvalue weighted by Gasteiger charge is -2.14. The minimum absolute atomic E-state index is 0.0292. The van der Waals surface area contributed by atoms with Crippen molar-refractivity contribution in [1.82, 2.24) is 9.47 Å². The van der Waals surface area contributed by atoms with Gasteiger partial charge in [-0.3, -0.25) is 14.5 Å². The maximum absolute atomic E-state index is 13.0. The number of halogens is 3. The van der Waals surface area contributed by atoms with Gasteiger partial charge < -0.3 is 4.57 Å². The molecule has 0 spiro atoms. The van der Waals surface area contributed by atoms with Crippen LogP contribution in [0.1, 0.15) is 28.1 Å². The lowest BCUT2D eigenvalue weighted by atomic mass is 10.2. The Morgan fingerprint density at radius 3 is 2.28 bits per heavy atom. The van der Waals surface area contributed by atoms with Crippen molar-refractivity contribution in [3.63, 3.8) is 0 Å². The zero-order chi connectivity index (χ0) is 23.2. The second-order valence-corrected chi connectivity index (χ2v) is 9.78. The molecule has 1 aromatic heterocycles. The molecule has 0 unspecified atom stereocenters. The average molecular weight is 506 g/mol. The van der Waals surface area contributed by atoms with E-state index in [2.05, 4.69) is 4.57 Å². The number of amides is 2. The van der Waals surface area contributed by atoms with Crippen LogP contribution < -0.4 is 0 Å². The zero-order valence-electron chi connectivity index (χ0n) is 17.6. The molecule has 0 atom stereocenters. The summed E-state index contributed by atoms with van der Waals surface area (Å²) >= 11 is 19.7. The van der Waals surface area contributed by atoms with Crippen molar-refractivity contribution in [2.75, 3.05) is 0 Å². The second kappa shape index (κ2) is 8.99. The molecular weight excluding hydrogens is 487 g/mol. The van der Waals surface area contributed by atoms with Crippen LogP contribution in [0, 0.1) is 20.8 Å². The highest BCUT2D eigenvalue weighted by atomic mass is 35.5. The van der Waals surface area contributed by atoms with E-state index >= 15 is 0 Å². The summed E-state index contributed by atoms with van der Waals surface area (Å²) in [6.45, 7) is 5.95. The molecular formula is C24H19Cl3N2O2S. The van der Waals surface area contributed by atoms with Crippen molar-refractivity contribution in [3.05, 3.63) is 90.5 Å². The van der Waals surface area contributed by atoms with Crippen molar-refractivity contribution in [2.45, 2.75) is 27.3 Å². The van der Waals surface area contributed by atoms with E-state index in [-0.39, 0.29) is 17.7 Å². The minimum atomic E-state index is -0.362. The van der Waals surface area contributed by atoms with Crippen molar-refractivity contribution in [2.24, 2.45) is 0 Å². The first-order valence-corrected chi connectivity index (χ1v) is 11.8. The molecule has 1 saturated heterocycles. The van der Waals surface area contributed by atoms with E-state index in [1.165, 1.54) is 4.90 Å². The van der Waals surface area contributed by atoms with Crippen molar-refractivity contribution < 1.29 is 9.59 Å². The van der Waals surface area contributed by atoms with Crippen LogP contribution in [-0.4, -0.2) is 20.6 Å². The number of nitrogens with zero attached hydrogens (tertiary/aromatic N) is 2. The quantitative estimate of drug-likeness (QED) is 0.343. The highest BCUT2D eigenvalue weighted by Gasteiger charge is 2.36. The standard InChI is InChI=1S/C24H19Cl3N2O2S/c1-13-7-8-17(11-21(13)27)29-14(2)9-16(15(29)3)10-22-23(30)28(24(31)32-22)12-18-19(25)5-4-6-20(18)26/h4-11H,12H2,1-3H3/b22-10-. The van der Waals surface area contributed by atoms with E-state index in [4.69, 9.17) is 34.8 Å². The lowest BCUT2D eigenvalue weighted by molar-refractivity contribution is -0.123. The Hall–Kier alpha value is -2.18. The Labute approximate surface area is 205 Å². The van der Waals surface area contributed by atoms with Gasteiger partial charge in [-0.25, -0.2) is 0 Å². The summed E-state index contributed by atoms with van der Waals surface area (Å²) in [4.78, 5) is 27.1. The summed E-state index contributed by atoms with van der Waals surface area (Å²) in [5.74, 6) is -0.362. The van der Waals surface area contributed by atoms with Gasteiger partial charge in [0.05, 0.1) is 11.4 Å². The molecule has 0 saturated carbocycles. The zero-order valence-corrected chi connectivity index (χ0v) is 20.7. The van der Waals surface area contributed by atoms with Gasteiger partial charge in [0.2, 0.25) is 0 Å². The third-order valence-electron chi connectivity index (χ3n) is 5.42. The number of carbonyl (C=O) groups excluding carboxylic acids is 2. The molecule has 0 aliphatic carbocycles. The molecule has 4 nitrogen and oxygen atoms in total. The number of rotatable bonds is 4. The Kier molecular flexibility index (Phi) is 6.46. The third-order valence-corrected chi connectivity index (χ3v) is 7.44. The van der Waals surface area contributed by atoms with Gasteiger partial charge in [0.1, 0.15) is 0 Å². The molecule has 2 heterocycles. The molecule has 4 rings (SSSR count). The average Bonchev–Trinajstić information content (AvgIpc) is 3.16. The molecule has 2 amide bonds. The van der Waals surface area contributed by atoms with Gasteiger partial charge in [0.15, 0.2) is 0 Å². The number of aromatic nitrogens is 1. The van der Waals surface area contributed by atoms with Crippen LogP contribution in [-0.2, 0) is 11.3 Å². The summed E-state index contributed by atoms with van der Waals surface area (Å²) in [5.41, 5.74) is 5.30. The van der Waals surface area contributed by atoms with Gasteiger partial charge in [-0.2, -0.15) is 0 Å². The number of aryl methyl sites for hydroxylation is 2. The summed E-state index contributed by atoms with van der Waals surface area (Å²) in [5, 5.41) is 1.17. The van der Waals surface area contributed by atoms with E-state index in [0.29, 0.717) is 25.5 Å². The molecule has 0 radical (unpaired) electrons. The van der Waals surface area contributed by atoms with E-state index < -0.39 is 0 Å². The first-order chi connectivity index (χ1) is 15.2. The molecule has 2 aromatic carbocycles. The topological polar surface area (TPSA) is 42.3 Å². The van der Waals surface area contributed by atoms with Crippen molar-refractivity contribution in [1.29, 1.82) is 0 Å². The Morgan fingerprint density at radius 1 is 0.938 bits per heavy atom. The fourth-order valence-electron chi connectivity index (χ4n) is 3.67. The monoisotopic (exact) mass is 504 g/mol. The smallest absolute Gasteiger partial charge is 0.293 e. The molecule has 0 bridgehead atoms. The third kappa shape index (κ3) is 4.23. The van der Waals surface area contributed by atoms with Crippen molar-refractivity contribution >= 4 is 63.8 Å². The summed E-state index contributed by atoms with van der Waals surface area (Å²) < 4.78 is 2.07. The van der Waals surface area contributed by atoms with Crippen LogP contribution in [0.4, 0.5) is 4.79 Å². The van der Waals surface area contributed by atoms with Crippen LogP contribution >= 0.6 is 46.6 Å². The predicted molar refractivity (Wildman–Crippen MR) is 133 cm³/mol. The second-order valence-electron chi connectivity index (χ2n) is 7.56. The lowest BCUT2D eigenvalue weighted by Crippen LogP contribution is -2.27. The van der Waals surface area contributed by atoms with Gasteiger partial charge in [-0.05, 0) is 80.1 Å². The fourth-order valence-corrected chi connectivity index (χ4v) is 5.19. The molecule has 8 heteroatoms. The SMILES string of the molecule is Cc1ccc(-n2c(C)cc(/C=C3\SC(=O)N(Cc4c(Cl)cccc4Cl)C3=O)c2C)cc1Cl. The summed E-state index contributed by atoms with van der Waals surface area (Å²) in [6, 6.07) is 13.0. The Balaban J connectivity index is 1.66. The van der Waals surface area contributed by atoms with E-state index in [0.717, 1.165) is 40.0 Å². The maximum atomic E-state index is 13.0. The van der Waals surface area contributed by atoms with Gasteiger partial charge in [-0.15, -0.1) is 0 Å². The predicted octanol–water partition coefficient (Wildman–Crippen LogP) is 7.60. The van der Waals surface area contributed by atoms with Crippen LogP contribution in [0.15, 0.2) is 47.4 Å². The first kappa shape index (κ1) is 23.0. The van der Waals surface area contributed by atoms with E-state index in [1.54, 1.807) is 24.3 Å². The highest BCUT2D eigenvalue weighted by molar-refractivity contribution is 8.18. The summed E-state index contributed by atoms with van der Waals surface area (Å²) in [6.07, 6.45) is 1.76. The molecule has 3 aromatic rings. The Morgan fingerprint density at radius 2 is 1.62 bits per heavy atom. The molecule has 164 valence electrons. The van der Waals surface area contributed by atoms with Gasteiger partial charge in [-0.1, -0.05) is 46.9 Å². The number of hydrogen-bond acceptors (Lipinski definition) is 3. The summed E-state index contributed by atoms with van der Waals surface area (Å²) in [7, 11) is 0. The van der Waals surface area contributed by atoms with Gasteiger partial charge in [0, 0.05) is 37.7 Å². The van der Waals surface area contributed by atoms with Crippen LogP contribution in [0.5, 0.6) is 0 Å². The number of benzene rings is 2. The Bertz CT molecular complexity index is 1280. The molecule has 1 aliphatic rings. The largest absolute Gasteiger partial charge is 0.318 e. The molecule has 32 heavy (non-hydrogen) atoms. The number of thioether (sulfide) groups is 1. The van der Waals surface area contributed by atoms with Crippen LogP contribution in [0.25, 0.3) is 11.8 Å². The fraction of sp³-hybridized carbons (Fsp3) is 0.167. The van der Waals surface area contributed by atoms with E-state index in [1.807, 2.05) is 45.0 Å². The number of carbonyl (C=O) groups is 2. The normalized spacial score (nSPS) is 15.3. The molecule has 1 aliphatic heterocycles. The number of hydrogen-bond donors (Lipinski definition) is 0. The van der Waals surface area contributed by atoms with Crippen LogP contribution in [0.2, 0.25) is 15.1 Å². The van der Waals surface area contributed by atoms with E-state index in [9.17, 15) is 9.59 Å². The number of imide groups is 1. The van der Waals surface area contributed by atoms with Crippen LogP contribution in [0.3, 0.4) is 0 Å². The minimum Gasteiger partial charge on any atom is -0.318 e.